The number of hydrogen-bond acceptors (Lipinski definition) is 4. The van der Waals surface area contributed by atoms with Crippen LogP contribution >= 0.6 is 0 Å². The molecule has 7 heteroatoms. The van der Waals surface area contributed by atoms with Crippen molar-refractivity contribution in [2.45, 2.75) is 39.9 Å². The lowest BCUT2D eigenvalue weighted by Gasteiger charge is -2.11. The highest BCUT2D eigenvalue weighted by Gasteiger charge is 2.27. The second kappa shape index (κ2) is 7.54. The van der Waals surface area contributed by atoms with Crippen molar-refractivity contribution in [3.05, 3.63) is 22.8 Å². The molecular formula is C13H20F3N3O. The van der Waals surface area contributed by atoms with Gasteiger partial charge < -0.3 is 10.1 Å². The van der Waals surface area contributed by atoms with Crippen LogP contribution < -0.4 is 5.32 Å². The van der Waals surface area contributed by atoms with E-state index >= 15 is 0 Å². The fraction of sp³-hybridized carbons (Fsp3) is 0.692. The molecular weight excluding hydrogens is 271 g/mol. The molecule has 0 amide bonds. The molecule has 0 fully saturated rings. The van der Waals surface area contributed by atoms with Gasteiger partial charge in [-0.05, 0) is 20.4 Å². The van der Waals surface area contributed by atoms with Crippen LogP contribution in [0.15, 0.2) is 0 Å². The van der Waals surface area contributed by atoms with Gasteiger partial charge in [0, 0.05) is 29.9 Å². The van der Waals surface area contributed by atoms with Gasteiger partial charge in [-0.3, -0.25) is 0 Å². The Balaban J connectivity index is 2.56. The summed E-state index contributed by atoms with van der Waals surface area (Å²) in [5, 5.41) is 3.20. The third kappa shape index (κ3) is 5.83. The zero-order chi connectivity index (χ0) is 15.2. The van der Waals surface area contributed by atoms with E-state index < -0.39 is 12.8 Å². The highest BCUT2D eigenvalue weighted by molar-refractivity contribution is 5.24. The second-order valence-corrected chi connectivity index (χ2v) is 4.49. The van der Waals surface area contributed by atoms with Gasteiger partial charge in [0.1, 0.15) is 12.4 Å². The Labute approximate surface area is 116 Å². The van der Waals surface area contributed by atoms with Crippen LogP contribution in [0.2, 0.25) is 0 Å². The summed E-state index contributed by atoms with van der Waals surface area (Å²) in [6.45, 7) is 6.04. The van der Waals surface area contributed by atoms with E-state index in [1.807, 2.05) is 20.8 Å². The maximum absolute atomic E-state index is 11.9. The van der Waals surface area contributed by atoms with Crippen LogP contribution in [0, 0.1) is 13.8 Å². The highest BCUT2D eigenvalue weighted by atomic mass is 19.4. The molecule has 0 atom stereocenters. The van der Waals surface area contributed by atoms with E-state index in [1.54, 1.807) is 0 Å². The lowest BCUT2D eigenvalue weighted by Crippen LogP contribution is -2.19. The van der Waals surface area contributed by atoms with Crippen molar-refractivity contribution in [3.63, 3.8) is 0 Å². The van der Waals surface area contributed by atoms with Crippen molar-refractivity contribution < 1.29 is 17.9 Å². The van der Waals surface area contributed by atoms with E-state index in [-0.39, 0.29) is 13.0 Å². The Morgan fingerprint density at radius 1 is 1.15 bits per heavy atom. The first-order valence-corrected chi connectivity index (χ1v) is 6.51. The molecule has 114 valence electrons. The smallest absolute Gasteiger partial charge is 0.372 e. The van der Waals surface area contributed by atoms with Crippen molar-refractivity contribution in [2.75, 3.05) is 19.8 Å². The van der Waals surface area contributed by atoms with Crippen LogP contribution in [-0.2, 0) is 17.7 Å². The number of alkyl halides is 3. The first-order chi connectivity index (χ1) is 9.33. The maximum Gasteiger partial charge on any atom is 0.411 e. The van der Waals surface area contributed by atoms with E-state index in [1.165, 1.54) is 0 Å². The first kappa shape index (κ1) is 16.8. The zero-order valence-electron chi connectivity index (χ0n) is 12.0. The standard InChI is InChI=1S/C13H20F3N3O/c1-4-17-7-11-9(2)18-12(19-10(11)3)5-6-20-8-13(14,15)16/h17H,4-8H2,1-3H3. The Morgan fingerprint density at radius 3 is 2.25 bits per heavy atom. The summed E-state index contributed by atoms with van der Waals surface area (Å²) < 4.78 is 40.3. The maximum atomic E-state index is 11.9. The molecule has 4 nitrogen and oxygen atoms in total. The molecule has 0 saturated carbocycles. The van der Waals surface area contributed by atoms with Crippen LogP contribution in [0.1, 0.15) is 29.7 Å². The first-order valence-electron chi connectivity index (χ1n) is 6.51. The Hall–Kier alpha value is -1.21. The van der Waals surface area contributed by atoms with Crippen molar-refractivity contribution in [2.24, 2.45) is 0 Å². The Morgan fingerprint density at radius 2 is 1.75 bits per heavy atom. The molecule has 20 heavy (non-hydrogen) atoms. The van der Waals surface area contributed by atoms with E-state index in [2.05, 4.69) is 20.0 Å². The number of aryl methyl sites for hydroxylation is 2. The van der Waals surface area contributed by atoms with Gasteiger partial charge in [-0.1, -0.05) is 6.92 Å². The molecule has 0 radical (unpaired) electrons. The lowest BCUT2D eigenvalue weighted by molar-refractivity contribution is -0.173. The van der Waals surface area contributed by atoms with Gasteiger partial charge in [0.2, 0.25) is 0 Å². The number of ether oxygens (including phenoxy) is 1. The molecule has 1 heterocycles. The molecule has 0 saturated heterocycles. The minimum absolute atomic E-state index is 0.0368. The van der Waals surface area contributed by atoms with Crippen molar-refractivity contribution in [1.29, 1.82) is 0 Å². The van der Waals surface area contributed by atoms with E-state index in [4.69, 9.17) is 0 Å². The number of hydrogen-bond donors (Lipinski definition) is 1. The van der Waals surface area contributed by atoms with Gasteiger partial charge in [0.05, 0.1) is 6.61 Å². The molecule has 0 bridgehead atoms. The Kier molecular flexibility index (Phi) is 6.35. The number of nitrogens with zero attached hydrogens (tertiary/aromatic N) is 2. The van der Waals surface area contributed by atoms with Crippen LogP contribution in [0.25, 0.3) is 0 Å². The number of rotatable bonds is 7. The average Bonchev–Trinajstić information content (AvgIpc) is 2.33. The molecule has 0 aliphatic carbocycles. The van der Waals surface area contributed by atoms with E-state index in [0.717, 1.165) is 23.5 Å². The third-order valence-corrected chi connectivity index (χ3v) is 2.75. The molecule has 1 N–H and O–H groups in total. The summed E-state index contributed by atoms with van der Waals surface area (Å²) in [5.74, 6) is 0.516. The largest absolute Gasteiger partial charge is 0.411 e. The highest BCUT2D eigenvalue weighted by Crippen LogP contribution is 2.15. The normalized spacial score (nSPS) is 11.9. The molecule has 1 aromatic heterocycles. The second-order valence-electron chi connectivity index (χ2n) is 4.49. The average molecular weight is 291 g/mol. The van der Waals surface area contributed by atoms with Crippen molar-refractivity contribution in [3.8, 4) is 0 Å². The van der Waals surface area contributed by atoms with Gasteiger partial charge in [-0.25, -0.2) is 9.97 Å². The lowest BCUT2D eigenvalue weighted by atomic mass is 10.1. The molecule has 1 aromatic rings. The van der Waals surface area contributed by atoms with E-state index in [9.17, 15) is 13.2 Å². The van der Waals surface area contributed by atoms with Crippen LogP contribution in [-0.4, -0.2) is 35.9 Å². The quantitative estimate of drug-likeness (QED) is 0.783. The Bertz CT molecular complexity index is 412. The van der Waals surface area contributed by atoms with Gasteiger partial charge in [-0.2, -0.15) is 13.2 Å². The van der Waals surface area contributed by atoms with Gasteiger partial charge in [0.15, 0.2) is 0 Å². The fourth-order valence-electron chi connectivity index (χ4n) is 1.78. The molecule has 0 aliphatic rings. The van der Waals surface area contributed by atoms with Crippen molar-refractivity contribution in [1.82, 2.24) is 15.3 Å². The summed E-state index contributed by atoms with van der Waals surface area (Å²) >= 11 is 0. The predicted molar refractivity (Wildman–Crippen MR) is 69.5 cm³/mol. The van der Waals surface area contributed by atoms with E-state index in [0.29, 0.717) is 12.4 Å². The molecule has 0 aromatic carbocycles. The summed E-state index contributed by atoms with van der Waals surface area (Å²) in [5.41, 5.74) is 2.74. The number of nitrogens with one attached hydrogen (secondary N) is 1. The van der Waals surface area contributed by atoms with Crippen LogP contribution in [0.4, 0.5) is 13.2 Å². The SMILES string of the molecule is CCNCc1c(C)nc(CCOCC(F)(F)F)nc1C. The monoisotopic (exact) mass is 291 g/mol. The van der Waals surface area contributed by atoms with Gasteiger partial charge in [0.25, 0.3) is 0 Å². The minimum Gasteiger partial charge on any atom is -0.372 e. The summed E-state index contributed by atoms with van der Waals surface area (Å²) in [4.78, 5) is 8.62. The van der Waals surface area contributed by atoms with Gasteiger partial charge >= 0.3 is 6.18 Å². The molecule has 0 spiro atoms. The molecule has 0 aliphatic heterocycles. The van der Waals surface area contributed by atoms with Crippen LogP contribution in [0.5, 0.6) is 0 Å². The van der Waals surface area contributed by atoms with Crippen LogP contribution in [0.3, 0.4) is 0 Å². The molecule has 1 rings (SSSR count). The summed E-state index contributed by atoms with van der Waals surface area (Å²) in [6.07, 6.45) is -4.01. The predicted octanol–water partition coefficient (Wildman–Crippen LogP) is 2.32. The topological polar surface area (TPSA) is 47.0 Å². The fourth-order valence-corrected chi connectivity index (χ4v) is 1.78. The molecule has 0 unspecified atom stereocenters. The number of aromatic nitrogens is 2. The van der Waals surface area contributed by atoms with Crippen molar-refractivity contribution >= 4 is 0 Å². The third-order valence-electron chi connectivity index (χ3n) is 2.75. The van der Waals surface area contributed by atoms with Gasteiger partial charge in [-0.15, -0.1) is 0 Å². The zero-order valence-corrected chi connectivity index (χ0v) is 12.0. The number of halogens is 3. The summed E-state index contributed by atoms with van der Waals surface area (Å²) in [6, 6.07) is 0. The minimum atomic E-state index is -4.29. The summed E-state index contributed by atoms with van der Waals surface area (Å²) in [7, 11) is 0.